The molecule has 0 aliphatic heterocycles. The maximum atomic E-state index is 11.5. The highest BCUT2D eigenvalue weighted by Gasteiger charge is 2.23. The maximum Gasteiger partial charge on any atom is 0.331 e. The van der Waals surface area contributed by atoms with Crippen LogP contribution < -0.4 is 0 Å². The van der Waals surface area contributed by atoms with Crippen LogP contribution in [0.15, 0.2) is 42.5 Å². The molecule has 0 amide bonds. The summed E-state index contributed by atoms with van der Waals surface area (Å²) in [6, 6.07) is 12.5. The van der Waals surface area contributed by atoms with E-state index < -0.39 is 12.0 Å². The number of carbonyl (C=O) groups is 1. The smallest absolute Gasteiger partial charge is 0.331 e. The van der Waals surface area contributed by atoms with E-state index in [1.54, 1.807) is 0 Å². The molecule has 0 bridgehead atoms. The number of aliphatic carboxylic acids is 1. The molecule has 1 heterocycles. The van der Waals surface area contributed by atoms with E-state index in [-0.39, 0.29) is 0 Å². The fourth-order valence-electron chi connectivity index (χ4n) is 2.12. The molecule has 0 saturated heterocycles. The van der Waals surface area contributed by atoms with Crippen molar-refractivity contribution in [1.82, 2.24) is 4.57 Å². The van der Waals surface area contributed by atoms with Gasteiger partial charge >= 0.3 is 5.97 Å². The van der Waals surface area contributed by atoms with Crippen LogP contribution in [0.2, 0.25) is 0 Å². The summed E-state index contributed by atoms with van der Waals surface area (Å²) < 4.78 is 1.84. The Labute approximate surface area is 100 Å². The van der Waals surface area contributed by atoms with E-state index in [0.717, 1.165) is 17.0 Å². The van der Waals surface area contributed by atoms with Gasteiger partial charge in [-0.25, -0.2) is 4.79 Å². The molecule has 0 spiro atoms. The van der Waals surface area contributed by atoms with Gasteiger partial charge in [0, 0.05) is 11.4 Å². The van der Waals surface area contributed by atoms with Crippen LogP contribution in [0.3, 0.4) is 0 Å². The highest BCUT2D eigenvalue weighted by Crippen LogP contribution is 2.23. The van der Waals surface area contributed by atoms with Crippen LogP contribution >= 0.6 is 0 Å². The Morgan fingerprint density at radius 2 is 1.59 bits per heavy atom. The molecule has 88 valence electrons. The number of hydrogen-bond acceptors (Lipinski definition) is 1. The van der Waals surface area contributed by atoms with Gasteiger partial charge in [0.1, 0.15) is 0 Å². The quantitative estimate of drug-likeness (QED) is 0.879. The summed E-state index contributed by atoms with van der Waals surface area (Å²) in [5, 5.41) is 9.43. The number of rotatable bonds is 3. The molecule has 17 heavy (non-hydrogen) atoms. The van der Waals surface area contributed by atoms with Crippen LogP contribution in [0.25, 0.3) is 0 Å². The summed E-state index contributed by atoms with van der Waals surface area (Å²) in [6.45, 7) is 3.84. The first-order valence-electron chi connectivity index (χ1n) is 5.53. The average Bonchev–Trinajstić information content (AvgIpc) is 2.62. The molecular formula is C14H15NO2. The first-order chi connectivity index (χ1) is 8.11. The lowest BCUT2D eigenvalue weighted by atomic mass is 10.1. The van der Waals surface area contributed by atoms with Crippen molar-refractivity contribution < 1.29 is 9.90 Å². The van der Waals surface area contributed by atoms with Gasteiger partial charge in [-0.1, -0.05) is 30.3 Å². The Hall–Kier alpha value is -2.03. The van der Waals surface area contributed by atoms with Crippen LogP contribution in [-0.2, 0) is 4.79 Å². The lowest BCUT2D eigenvalue weighted by Crippen LogP contribution is -2.22. The average molecular weight is 229 g/mol. The van der Waals surface area contributed by atoms with Gasteiger partial charge in [0.15, 0.2) is 6.04 Å². The Balaban J connectivity index is 2.55. The second-order valence-corrected chi connectivity index (χ2v) is 4.14. The van der Waals surface area contributed by atoms with E-state index in [0.29, 0.717) is 0 Å². The molecule has 1 unspecified atom stereocenters. The number of hydrogen-bond donors (Lipinski definition) is 1. The number of nitrogens with zero attached hydrogens (tertiary/aromatic N) is 1. The Kier molecular flexibility index (Phi) is 3.00. The highest BCUT2D eigenvalue weighted by atomic mass is 16.4. The van der Waals surface area contributed by atoms with E-state index in [1.165, 1.54) is 0 Å². The standard InChI is InChI=1S/C14H15NO2/c1-10-8-9-11(2)15(10)13(14(16)17)12-6-4-3-5-7-12/h3-9,13H,1-2H3,(H,16,17). The van der Waals surface area contributed by atoms with Crippen molar-refractivity contribution in [2.45, 2.75) is 19.9 Å². The van der Waals surface area contributed by atoms with Gasteiger partial charge in [-0.15, -0.1) is 0 Å². The fourth-order valence-corrected chi connectivity index (χ4v) is 2.12. The topological polar surface area (TPSA) is 42.2 Å². The van der Waals surface area contributed by atoms with Gasteiger partial charge in [0.25, 0.3) is 0 Å². The number of aromatic nitrogens is 1. The maximum absolute atomic E-state index is 11.5. The van der Waals surface area contributed by atoms with Crippen LogP contribution in [0.5, 0.6) is 0 Å². The second kappa shape index (κ2) is 4.45. The molecule has 3 heteroatoms. The molecule has 1 aromatic heterocycles. The summed E-state index contributed by atoms with van der Waals surface area (Å²) in [4.78, 5) is 11.5. The van der Waals surface area contributed by atoms with Crippen molar-refractivity contribution in [1.29, 1.82) is 0 Å². The van der Waals surface area contributed by atoms with Gasteiger partial charge in [-0.2, -0.15) is 0 Å². The third-order valence-electron chi connectivity index (χ3n) is 2.93. The Morgan fingerprint density at radius 3 is 2.06 bits per heavy atom. The van der Waals surface area contributed by atoms with Crippen molar-refractivity contribution in [3.05, 3.63) is 59.4 Å². The number of carboxylic acid groups (broad SMARTS) is 1. The zero-order valence-corrected chi connectivity index (χ0v) is 9.92. The predicted octanol–water partition coefficient (Wildman–Crippen LogP) is 2.78. The minimum atomic E-state index is -0.835. The zero-order chi connectivity index (χ0) is 12.4. The number of aryl methyl sites for hydroxylation is 2. The van der Waals surface area contributed by atoms with E-state index in [1.807, 2.05) is 60.9 Å². The van der Waals surface area contributed by atoms with E-state index in [9.17, 15) is 9.90 Å². The van der Waals surface area contributed by atoms with Gasteiger partial charge in [-0.05, 0) is 31.5 Å². The molecule has 1 atom stereocenters. The van der Waals surface area contributed by atoms with Crippen LogP contribution in [0, 0.1) is 13.8 Å². The SMILES string of the molecule is Cc1ccc(C)n1C(C(=O)O)c1ccccc1. The van der Waals surface area contributed by atoms with Gasteiger partial charge in [-0.3, -0.25) is 0 Å². The third-order valence-corrected chi connectivity index (χ3v) is 2.93. The molecule has 1 N–H and O–H groups in total. The molecule has 2 aromatic rings. The number of carboxylic acids is 1. The van der Waals surface area contributed by atoms with Crippen molar-refractivity contribution >= 4 is 5.97 Å². The lowest BCUT2D eigenvalue weighted by molar-refractivity contribution is -0.139. The van der Waals surface area contributed by atoms with Gasteiger partial charge in [0.2, 0.25) is 0 Å². The summed E-state index contributed by atoms with van der Waals surface area (Å²) in [5.74, 6) is -0.835. The largest absolute Gasteiger partial charge is 0.479 e. The normalized spacial score (nSPS) is 12.4. The van der Waals surface area contributed by atoms with Crippen LogP contribution in [0.4, 0.5) is 0 Å². The molecule has 0 aliphatic rings. The molecule has 0 saturated carbocycles. The van der Waals surface area contributed by atoms with Crippen molar-refractivity contribution in [3.63, 3.8) is 0 Å². The molecule has 0 fully saturated rings. The molecule has 0 radical (unpaired) electrons. The third kappa shape index (κ3) is 2.09. The Bertz CT molecular complexity index is 509. The van der Waals surface area contributed by atoms with E-state index in [2.05, 4.69) is 0 Å². The zero-order valence-electron chi connectivity index (χ0n) is 9.92. The minimum Gasteiger partial charge on any atom is -0.479 e. The summed E-state index contributed by atoms with van der Waals surface area (Å²) in [5.41, 5.74) is 2.71. The fraction of sp³-hybridized carbons (Fsp3) is 0.214. The second-order valence-electron chi connectivity index (χ2n) is 4.14. The molecule has 1 aromatic carbocycles. The number of benzene rings is 1. The highest BCUT2D eigenvalue weighted by molar-refractivity contribution is 5.76. The van der Waals surface area contributed by atoms with Crippen LogP contribution in [0.1, 0.15) is 23.0 Å². The monoisotopic (exact) mass is 229 g/mol. The molecular weight excluding hydrogens is 214 g/mol. The van der Waals surface area contributed by atoms with E-state index >= 15 is 0 Å². The molecule has 3 nitrogen and oxygen atoms in total. The predicted molar refractivity (Wildman–Crippen MR) is 66.1 cm³/mol. The summed E-state index contributed by atoms with van der Waals surface area (Å²) in [6.07, 6.45) is 0. The van der Waals surface area contributed by atoms with Crippen LogP contribution in [-0.4, -0.2) is 15.6 Å². The van der Waals surface area contributed by atoms with Crippen molar-refractivity contribution in [2.24, 2.45) is 0 Å². The van der Waals surface area contributed by atoms with Crippen molar-refractivity contribution in [3.8, 4) is 0 Å². The molecule has 2 rings (SSSR count). The summed E-state index contributed by atoms with van der Waals surface area (Å²) >= 11 is 0. The lowest BCUT2D eigenvalue weighted by Gasteiger charge is -2.19. The summed E-state index contributed by atoms with van der Waals surface area (Å²) in [7, 11) is 0. The Morgan fingerprint density at radius 1 is 1.06 bits per heavy atom. The van der Waals surface area contributed by atoms with Gasteiger partial charge < -0.3 is 9.67 Å². The first kappa shape index (κ1) is 11.5. The molecule has 0 aliphatic carbocycles. The van der Waals surface area contributed by atoms with E-state index in [4.69, 9.17) is 0 Å². The minimum absolute atomic E-state index is 0.647. The first-order valence-corrected chi connectivity index (χ1v) is 5.53. The van der Waals surface area contributed by atoms with Gasteiger partial charge in [0.05, 0.1) is 0 Å². The van der Waals surface area contributed by atoms with Crippen molar-refractivity contribution in [2.75, 3.05) is 0 Å².